The van der Waals surface area contributed by atoms with Crippen molar-refractivity contribution < 1.29 is 14.6 Å². The molecule has 0 unspecified atom stereocenters. The molecule has 0 amide bonds. The van der Waals surface area contributed by atoms with Crippen molar-refractivity contribution in [3.63, 3.8) is 0 Å². The van der Waals surface area contributed by atoms with Gasteiger partial charge in [0, 0.05) is 17.0 Å². The molecule has 18 heavy (non-hydrogen) atoms. The van der Waals surface area contributed by atoms with Crippen LogP contribution in [0.3, 0.4) is 0 Å². The molecule has 0 saturated carbocycles. The van der Waals surface area contributed by atoms with Gasteiger partial charge in [-0.1, -0.05) is 36.4 Å². The molecule has 3 rings (SSSR count). The summed E-state index contributed by atoms with van der Waals surface area (Å²) in [6.45, 7) is 0. The Bertz CT molecular complexity index is 559. The van der Waals surface area contributed by atoms with Crippen molar-refractivity contribution in [1.82, 2.24) is 0 Å². The molecule has 2 aromatic carbocycles. The summed E-state index contributed by atoms with van der Waals surface area (Å²) < 4.78 is 5.80. The van der Waals surface area contributed by atoms with E-state index in [1.54, 1.807) is 0 Å². The maximum Gasteiger partial charge on any atom is 0.304 e. The van der Waals surface area contributed by atoms with Crippen molar-refractivity contribution in [2.45, 2.75) is 12.3 Å². The lowest BCUT2D eigenvalue weighted by Crippen LogP contribution is -2.13. The lowest BCUT2D eigenvalue weighted by Gasteiger charge is -2.27. The average molecular weight is 240 g/mol. The number of hydrogen-bond donors (Lipinski definition) is 1. The highest BCUT2D eigenvalue weighted by Crippen LogP contribution is 2.45. The Morgan fingerprint density at radius 3 is 2.00 bits per heavy atom. The molecule has 1 aliphatic heterocycles. The van der Waals surface area contributed by atoms with Gasteiger partial charge in [-0.2, -0.15) is 0 Å². The first-order chi connectivity index (χ1) is 8.75. The third-order valence-electron chi connectivity index (χ3n) is 3.19. The van der Waals surface area contributed by atoms with Gasteiger partial charge in [-0.25, -0.2) is 0 Å². The summed E-state index contributed by atoms with van der Waals surface area (Å²) in [5.74, 6) is 0.569. The van der Waals surface area contributed by atoms with Crippen LogP contribution in [0.1, 0.15) is 23.5 Å². The van der Waals surface area contributed by atoms with Gasteiger partial charge in [0.05, 0.1) is 6.42 Å². The predicted octanol–water partition coefficient (Wildman–Crippen LogP) is 3.40. The zero-order valence-electron chi connectivity index (χ0n) is 9.67. The number of para-hydroxylation sites is 2. The minimum absolute atomic E-state index is 0.0807. The van der Waals surface area contributed by atoms with Gasteiger partial charge in [0.25, 0.3) is 0 Å². The lowest BCUT2D eigenvalue weighted by molar-refractivity contribution is -0.137. The Hall–Kier alpha value is -2.29. The van der Waals surface area contributed by atoms with E-state index in [0.29, 0.717) is 0 Å². The van der Waals surface area contributed by atoms with E-state index in [2.05, 4.69) is 0 Å². The minimum Gasteiger partial charge on any atom is -0.481 e. The van der Waals surface area contributed by atoms with Gasteiger partial charge in [-0.3, -0.25) is 4.79 Å². The van der Waals surface area contributed by atoms with E-state index in [1.807, 2.05) is 48.5 Å². The summed E-state index contributed by atoms with van der Waals surface area (Å²) >= 11 is 0. The van der Waals surface area contributed by atoms with Gasteiger partial charge < -0.3 is 9.84 Å². The summed E-state index contributed by atoms with van der Waals surface area (Å²) in [5, 5.41) is 9.08. The first-order valence-corrected chi connectivity index (χ1v) is 5.83. The van der Waals surface area contributed by atoms with E-state index < -0.39 is 5.97 Å². The van der Waals surface area contributed by atoms with Gasteiger partial charge in [0.15, 0.2) is 0 Å². The molecule has 0 radical (unpaired) electrons. The highest BCUT2D eigenvalue weighted by Gasteiger charge is 2.28. The van der Waals surface area contributed by atoms with Crippen LogP contribution in [0, 0.1) is 0 Å². The third kappa shape index (κ3) is 1.74. The molecule has 1 N–H and O–H groups in total. The first kappa shape index (κ1) is 10.8. The molecule has 0 fully saturated rings. The summed E-state index contributed by atoms with van der Waals surface area (Å²) in [6.07, 6.45) is 0.0807. The van der Waals surface area contributed by atoms with Crippen molar-refractivity contribution >= 4 is 5.97 Å². The normalized spacial score (nSPS) is 13.3. The fourth-order valence-electron chi connectivity index (χ4n) is 2.40. The molecule has 0 aromatic heterocycles. The smallest absolute Gasteiger partial charge is 0.304 e. The topological polar surface area (TPSA) is 46.5 Å². The minimum atomic E-state index is -0.800. The van der Waals surface area contributed by atoms with Crippen molar-refractivity contribution in [2.24, 2.45) is 0 Å². The molecule has 1 aliphatic rings. The van der Waals surface area contributed by atoms with E-state index in [-0.39, 0.29) is 12.3 Å². The number of rotatable bonds is 2. The predicted molar refractivity (Wildman–Crippen MR) is 67.1 cm³/mol. The molecule has 0 saturated heterocycles. The maximum absolute atomic E-state index is 11.0. The number of hydrogen-bond acceptors (Lipinski definition) is 2. The van der Waals surface area contributed by atoms with Gasteiger partial charge >= 0.3 is 5.97 Å². The third-order valence-corrected chi connectivity index (χ3v) is 3.19. The van der Waals surface area contributed by atoms with Crippen LogP contribution in [0.2, 0.25) is 0 Å². The summed E-state index contributed by atoms with van der Waals surface area (Å²) in [5.41, 5.74) is 1.89. The van der Waals surface area contributed by atoms with Crippen molar-refractivity contribution in [1.29, 1.82) is 0 Å². The second-order valence-corrected chi connectivity index (χ2v) is 4.33. The molecule has 90 valence electrons. The summed E-state index contributed by atoms with van der Waals surface area (Å²) in [4.78, 5) is 11.0. The highest BCUT2D eigenvalue weighted by atomic mass is 16.5. The Labute approximate surface area is 105 Å². The first-order valence-electron chi connectivity index (χ1n) is 5.83. The van der Waals surface area contributed by atoms with E-state index in [9.17, 15) is 4.79 Å². The van der Waals surface area contributed by atoms with Crippen LogP contribution in [-0.4, -0.2) is 11.1 Å². The zero-order chi connectivity index (χ0) is 12.5. The van der Waals surface area contributed by atoms with E-state index >= 15 is 0 Å². The van der Waals surface area contributed by atoms with Crippen LogP contribution in [0.25, 0.3) is 0 Å². The fourth-order valence-corrected chi connectivity index (χ4v) is 2.40. The van der Waals surface area contributed by atoms with Crippen LogP contribution >= 0.6 is 0 Å². The van der Waals surface area contributed by atoms with E-state index in [1.165, 1.54) is 0 Å². The number of carbonyl (C=O) groups is 1. The van der Waals surface area contributed by atoms with Gasteiger partial charge in [-0.05, 0) is 12.1 Å². The van der Waals surface area contributed by atoms with E-state index in [0.717, 1.165) is 22.6 Å². The maximum atomic E-state index is 11.0. The second-order valence-electron chi connectivity index (χ2n) is 4.33. The number of carboxylic acid groups (broad SMARTS) is 1. The Kier molecular flexibility index (Phi) is 2.52. The van der Waals surface area contributed by atoms with Gasteiger partial charge in [0.2, 0.25) is 0 Å². The fraction of sp³-hybridized carbons (Fsp3) is 0.133. The Morgan fingerprint density at radius 2 is 1.50 bits per heavy atom. The van der Waals surface area contributed by atoms with Crippen LogP contribution in [0.15, 0.2) is 48.5 Å². The second kappa shape index (κ2) is 4.18. The highest BCUT2D eigenvalue weighted by molar-refractivity contribution is 5.70. The van der Waals surface area contributed by atoms with Crippen LogP contribution in [0.4, 0.5) is 0 Å². The quantitative estimate of drug-likeness (QED) is 0.875. The van der Waals surface area contributed by atoms with Gasteiger partial charge in [-0.15, -0.1) is 0 Å². The molecule has 0 atom stereocenters. The van der Waals surface area contributed by atoms with Gasteiger partial charge in [0.1, 0.15) is 11.5 Å². The molecule has 1 heterocycles. The summed E-state index contributed by atoms with van der Waals surface area (Å²) in [7, 11) is 0. The largest absolute Gasteiger partial charge is 0.481 e. The molecule has 0 aliphatic carbocycles. The SMILES string of the molecule is O=C(O)CC1c2ccccc2Oc2ccccc21. The molecule has 3 nitrogen and oxygen atoms in total. The van der Waals surface area contributed by atoms with Crippen LogP contribution in [0.5, 0.6) is 11.5 Å². The summed E-state index contributed by atoms with van der Waals surface area (Å²) in [6, 6.07) is 15.2. The molecule has 0 bridgehead atoms. The van der Waals surface area contributed by atoms with Crippen molar-refractivity contribution in [3.8, 4) is 11.5 Å². The number of aliphatic carboxylic acids is 1. The molecule has 3 heteroatoms. The monoisotopic (exact) mass is 240 g/mol. The number of benzene rings is 2. The standard InChI is InChI=1S/C15H12O3/c16-15(17)9-12-10-5-1-3-7-13(10)18-14-8-4-2-6-11(12)14/h1-8,12H,9H2,(H,16,17). The molecular weight excluding hydrogens is 228 g/mol. The van der Waals surface area contributed by atoms with E-state index in [4.69, 9.17) is 9.84 Å². The molecule has 0 spiro atoms. The van der Waals surface area contributed by atoms with Crippen LogP contribution in [-0.2, 0) is 4.79 Å². The zero-order valence-corrected chi connectivity index (χ0v) is 9.67. The number of ether oxygens (including phenoxy) is 1. The average Bonchev–Trinajstić information content (AvgIpc) is 2.38. The van der Waals surface area contributed by atoms with Crippen LogP contribution < -0.4 is 4.74 Å². The number of fused-ring (bicyclic) bond motifs is 2. The molecular formula is C15H12O3. The lowest BCUT2D eigenvalue weighted by atomic mass is 9.86. The number of carboxylic acids is 1. The van der Waals surface area contributed by atoms with Crippen molar-refractivity contribution in [2.75, 3.05) is 0 Å². The Morgan fingerprint density at radius 1 is 1.00 bits per heavy atom. The Balaban J connectivity index is 2.14. The molecule has 2 aromatic rings. The van der Waals surface area contributed by atoms with Crippen molar-refractivity contribution in [3.05, 3.63) is 59.7 Å².